The molecular formula is C8H7Cl5F3N3. The number of aryl methyl sites for hydroxylation is 1. The van der Waals surface area contributed by atoms with Gasteiger partial charge in [-0.2, -0.15) is 13.2 Å². The second-order valence-electron chi connectivity index (χ2n) is 3.58. The first-order chi connectivity index (χ1) is 8.43. The quantitative estimate of drug-likeness (QED) is 0.713. The number of hydrogen-bond donors (Lipinski definition) is 0. The summed E-state index contributed by atoms with van der Waals surface area (Å²) in [4.78, 5) is 0. The Bertz CT molecular complexity index is 451. The molecule has 1 aromatic heterocycles. The number of rotatable bonds is 3. The Hall–Kier alpha value is 0.380. The molecule has 0 atom stereocenters. The number of aromatic nitrogens is 3. The molecule has 0 bridgehead atoms. The predicted octanol–water partition coefficient (Wildman–Crippen LogP) is 4.71. The summed E-state index contributed by atoms with van der Waals surface area (Å²) in [7, 11) is 0. The predicted molar refractivity (Wildman–Crippen MR) is 69.0 cm³/mol. The molecule has 19 heavy (non-hydrogen) atoms. The van der Waals surface area contributed by atoms with Gasteiger partial charge in [-0.3, -0.25) is 0 Å². The number of alkyl halides is 8. The molecule has 11 heteroatoms. The van der Waals surface area contributed by atoms with Crippen molar-refractivity contribution in [2.75, 3.05) is 0 Å². The molecule has 0 aliphatic rings. The highest BCUT2D eigenvalue weighted by molar-refractivity contribution is 6.75. The standard InChI is InChI=1S/C8H7Cl5F3N3/c1-2-3-19-5(7(14,15)16)4(17-18-19)6(9,10)8(11,12)13/h2-3H2,1H3. The molecule has 3 nitrogen and oxygen atoms in total. The fraction of sp³-hybridized carbons (Fsp3) is 0.750. The van der Waals surface area contributed by atoms with Gasteiger partial charge >= 0.3 is 6.18 Å². The van der Waals surface area contributed by atoms with Crippen molar-refractivity contribution in [2.24, 2.45) is 0 Å². The van der Waals surface area contributed by atoms with E-state index in [0.717, 1.165) is 0 Å². The summed E-state index contributed by atoms with van der Waals surface area (Å²) in [6.45, 7) is 1.65. The van der Waals surface area contributed by atoms with Crippen LogP contribution >= 0.6 is 58.0 Å². The second kappa shape index (κ2) is 5.64. The third-order valence-electron chi connectivity index (χ3n) is 2.09. The van der Waals surface area contributed by atoms with E-state index in [2.05, 4.69) is 10.3 Å². The minimum Gasteiger partial charge on any atom is -0.240 e. The van der Waals surface area contributed by atoms with Gasteiger partial charge in [-0.25, -0.2) is 4.68 Å². The molecule has 0 spiro atoms. The Morgan fingerprint density at radius 3 is 2.00 bits per heavy atom. The van der Waals surface area contributed by atoms with E-state index in [4.69, 9.17) is 58.0 Å². The van der Waals surface area contributed by atoms with E-state index >= 15 is 0 Å². The van der Waals surface area contributed by atoms with Crippen molar-refractivity contribution in [3.8, 4) is 0 Å². The van der Waals surface area contributed by atoms with Gasteiger partial charge in [-0.1, -0.05) is 70.1 Å². The van der Waals surface area contributed by atoms with Crippen LogP contribution in [-0.4, -0.2) is 18.8 Å². The summed E-state index contributed by atoms with van der Waals surface area (Å²) in [5.74, 6) is 0. The van der Waals surface area contributed by atoms with E-state index < -0.39 is 25.7 Å². The Morgan fingerprint density at radius 1 is 1.11 bits per heavy atom. The minimum absolute atomic E-state index is 0.0223. The van der Waals surface area contributed by atoms with Crippen molar-refractivity contribution in [3.63, 3.8) is 0 Å². The minimum atomic E-state index is -4.78. The van der Waals surface area contributed by atoms with Crippen LogP contribution in [0.4, 0.5) is 13.2 Å². The Balaban J connectivity index is 3.46. The van der Waals surface area contributed by atoms with Crippen LogP contribution in [0.5, 0.6) is 0 Å². The first-order valence-corrected chi connectivity index (χ1v) is 6.77. The van der Waals surface area contributed by atoms with Crippen molar-refractivity contribution in [3.05, 3.63) is 11.4 Å². The fourth-order valence-corrected chi connectivity index (χ4v) is 1.83. The maximum Gasteiger partial charge on any atom is 0.435 e. The zero-order valence-electron chi connectivity index (χ0n) is 9.28. The molecule has 0 amide bonds. The molecule has 0 aliphatic carbocycles. The molecule has 1 aromatic rings. The van der Waals surface area contributed by atoms with Crippen LogP contribution in [0.3, 0.4) is 0 Å². The number of halogens is 8. The van der Waals surface area contributed by atoms with Gasteiger partial charge in [-0.15, -0.1) is 5.10 Å². The molecule has 1 heterocycles. The topological polar surface area (TPSA) is 30.7 Å². The van der Waals surface area contributed by atoms with E-state index in [1.807, 2.05) is 0 Å². The SMILES string of the molecule is CCCn1nnc(C(Cl)(Cl)C(Cl)(Cl)Cl)c1C(F)(F)F. The van der Waals surface area contributed by atoms with Gasteiger partial charge in [0.15, 0.2) is 5.69 Å². The fourth-order valence-electron chi connectivity index (χ4n) is 1.31. The van der Waals surface area contributed by atoms with E-state index in [9.17, 15) is 13.2 Å². The van der Waals surface area contributed by atoms with Crippen LogP contribution in [0.1, 0.15) is 24.7 Å². The molecule has 0 unspecified atom stereocenters. The molecule has 0 saturated heterocycles. The van der Waals surface area contributed by atoms with E-state index in [-0.39, 0.29) is 6.54 Å². The van der Waals surface area contributed by atoms with Crippen molar-refractivity contribution in [2.45, 2.75) is 34.2 Å². The van der Waals surface area contributed by atoms with E-state index in [1.165, 1.54) is 0 Å². The summed E-state index contributed by atoms with van der Waals surface area (Å²) >= 11 is 27.9. The molecule has 0 aliphatic heterocycles. The van der Waals surface area contributed by atoms with Gasteiger partial charge < -0.3 is 0 Å². The lowest BCUT2D eigenvalue weighted by Crippen LogP contribution is -2.32. The van der Waals surface area contributed by atoms with Gasteiger partial charge in [0, 0.05) is 6.54 Å². The van der Waals surface area contributed by atoms with Crippen LogP contribution in [0.25, 0.3) is 0 Å². The maximum absolute atomic E-state index is 13.0. The van der Waals surface area contributed by atoms with Crippen LogP contribution in [0.2, 0.25) is 0 Å². The Morgan fingerprint density at radius 2 is 1.63 bits per heavy atom. The van der Waals surface area contributed by atoms with Gasteiger partial charge in [0.05, 0.1) is 0 Å². The van der Waals surface area contributed by atoms with E-state index in [0.29, 0.717) is 11.1 Å². The molecule has 0 aromatic carbocycles. The average molecular weight is 379 g/mol. The summed E-state index contributed by atoms with van der Waals surface area (Å²) in [5, 5.41) is 6.67. The van der Waals surface area contributed by atoms with Crippen molar-refractivity contribution >= 4 is 58.0 Å². The van der Waals surface area contributed by atoms with Crippen molar-refractivity contribution in [1.82, 2.24) is 15.0 Å². The highest BCUT2D eigenvalue weighted by Gasteiger charge is 2.55. The molecule has 0 N–H and O–H groups in total. The van der Waals surface area contributed by atoms with Gasteiger partial charge in [0.2, 0.25) is 8.13 Å². The molecule has 0 saturated carbocycles. The highest BCUT2D eigenvalue weighted by Crippen LogP contribution is 2.54. The van der Waals surface area contributed by atoms with Crippen molar-refractivity contribution in [1.29, 1.82) is 0 Å². The summed E-state index contributed by atoms with van der Waals surface area (Å²) in [5.41, 5.74) is -2.07. The molecule has 0 radical (unpaired) electrons. The van der Waals surface area contributed by atoms with Crippen LogP contribution < -0.4 is 0 Å². The lowest BCUT2D eigenvalue weighted by Gasteiger charge is -2.26. The Labute approximate surface area is 131 Å². The maximum atomic E-state index is 13.0. The zero-order chi connectivity index (χ0) is 15.1. The molecular weight excluding hydrogens is 372 g/mol. The Kier molecular flexibility index (Phi) is 5.17. The normalized spacial score (nSPS) is 13.9. The summed E-state index contributed by atoms with van der Waals surface area (Å²) in [6.07, 6.45) is -4.38. The summed E-state index contributed by atoms with van der Waals surface area (Å²) in [6, 6.07) is 0. The average Bonchev–Trinajstić information content (AvgIpc) is 2.60. The van der Waals surface area contributed by atoms with Crippen molar-refractivity contribution < 1.29 is 13.2 Å². The van der Waals surface area contributed by atoms with Gasteiger partial charge in [0.25, 0.3) is 0 Å². The zero-order valence-corrected chi connectivity index (χ0v) is 13.1. The third kappa shape index (κ3) is 3.53. The monoisotopic (exact) mass is 377 g/mol. The van der Waals surface area contributed by atoms with Gasteiger partial charge in [0.1, 0.15) is 5.69 Å². The van der Waals surface area contributed by atoms with Crippen LogP contribution in [0.15, 0.2) is 0 Å². The molecule has 1 rings (SSSR count). The number of hydrogen-bond acceptors (Lipinski definition) is 2. The first kappa shape index (κ1) is 17.4. The smallest absolute Gasteiger partial charge is 0.240 e. The lowest BCUT2D eigenvalue weighted by molar-refractivity contribution is -0.145. The first-order valence-electron chi connectivity index (χ1n) is 4.88. The van der Waals surface area contributed by atoms with Crippen LogP contribution in [-0.2, 0) is 17.1 Å². The molecule has 110 valence electrons. The highest BCUT2D eigenvalue weighted by atomic mass is 35.6. The van der Waals surface area contributed by atoms with Crippen LogP contribution in [0, 0.1) is 0 Å². The second-order valence-corrected chi connectivity index (χ2v) is 7.19. The van der Waals surface area contributed by atoms with Gasteiger partial charge in [-0.05, 0) is 6.42 Å². The van der Waals surface area contributed by atoms with E-state index in [1.54, 1.807) is 6.92 Å². The number of nitrogens with zero attached hydrogens (tertiary/aromatic N) is 3. The third-order valence-corrected chi connectivity index (χ3v) is 4.45. The summed E-state index contributed by atoms with van der Waals surface area (Å²) < 4.78 is 34.9. The lowest BCUT2D eigenvalue weighted by atomic mass is 10.2. The molecule has 0 fully saturated rings. The largest absolute Gasteiger partial charge is 0.435 e.